The van der Waals surface area contributed by atoms with Crippen LogP contribution in [0.25, 0.3) is 0 Å². The van der Waals surface area contributed by atoms with E-state index in [4.69, 9.17) is 9.47 Å². The van der Waals surface area contributed by atoms with Gasteiger partial charge in [-0.1, -0.05) is 30.3 Å². The maximum Gasteiger partial charge on any atom is 0.325 e. The summed E-state index contributed by atoms with van der Waals surface area (Å²) in [5.74, 6) is -0.176. The summed E-state index contributed by atoms with van der Waals surface area (Å²) in [7, 11) is 0. The Morgan fingerprint density at radius 1 is 1.25 bits per heavy atom. The summed E-state index contributed by atoms with van der Waals surface area (Å²) in [6.45, 7) is 11.3. The Morgan fingerprint density at radius 3 is 2.42 bits per heavy atom. The Labute approximate surface area is 145 Å². The van der Waals surface area contributed by atoms with Crippen LogP contribution in [0.1, 0.15) is 39.3 Å². The predicted octanol–water partition coefficient (Wildman–Crippen LogP) is 2.38. The lowest BCUT2D eigenvalue weighted by molar-refractivity contribution is -0.153. The molecule has 1 heterocycles. The van der Waals surface area contributed by atoms with Gasteiger partial charge in [-0.3, -0.25) is 9.69 Å². The molecule has 0 saturated carbocycles. The maximum absolute atomic E-state index is 12.8. The molecule has 0 bridgehead atoms. The molecule has 1 fully saturated rings. The number of ether oxygens (including phenoxy) is 2. The molecule has 1 N–H and O–H groups in total. The summed E-state index contributed by atoms with van der Waals surface area (Å²) in [4.78, 5) is 15.0. The molecule has 0 aromatic heterocycles. The van der Waals surface area contributed by atoms with Crippen molar-refractivity contribution in [2.75, 3.05) is 32.9 Å². The van der Waals surface area contributed by atoms with Crippen molar-refractivity contribution in [2.45, 2.75) is 45.3 Å². The Morgan fingerprint density at radius 2 is 1.88 bits per heavy atom. The highest BCUT2D eigenvalue weighted by Crippen LogP contribution is 2.26. The summed E-state index contributed by atoms with van der Waals surface area (Å²) in [6.07, 6.45) is 0. The molecule has 24 heavy (non-hydrogen) atoms. The van der Waals surface area contributed by atoms with Gasteiger partial charge in [0.15, 0.2) is 0 Å². The number of rotatable bonds is 6. The molecule has 0 radical (unpaired) electrons. The quantitative estimate of drug-likeness (QED) is 0.810. The normalized spacial score (nSPS) is 18.8. The molecule has 1 aromatic rings. The van der Waals surface area contributed by atoms with E-state index in [-0.39, 0.29) is 23.6 Å². The third kappa shape index (κ3) is 5.30. The van der Waals surface area contributed by atoms with Gasteiger partial charge in [0.2, 0.25) is 0 Å². The van der Waals surface area contributed by atoms with E-state index in [9.17, 15) is 4.79 Å². The number of morpholine rings is 1. The van der Waals surface area contributed by atoms with Gasteiger partial charge in [-0.15, -0.1) is 0 Å². The molecule has 5 heteroatoms. The van der Waals surface area contributed by atoms with Crippen LogP contribution in [0.3, 0.4) is 0 Å². The number of carbonyl (C=O) groups is 1. The van der Waals surface area contributed by atoms with E-state index in [0.29, 0.717) is 19.8 Å². The van der Waals surface area contributed by atoms with Gasteiger partial charge in [-0.2, -0.15) is 0 Å². The standard InChI is InChI=1S/C19H30N2O3/c1-5-24-18(22)17(21-11-13-23-14-12-21)16(20-19(2,3)4)15-9-7-6-8-10-15/h6-10,16-17,20H,5,11-14H2,1-4H3/t16-,17+/m0/s1. The van der Waals surface area contributed by atoms with Crippen LogP contribution in [0.15, 0.2) is 30.3 Å². The van der Waals surface area contributed by atoms with Crippen molar-refractivity contribution in [1.29, 1.82) is 0 Å². The molecule has 134 valence electrons. The van der Waals surface area contributed by atoms with E-state index in [1.54, 1.807) is 0 Å². The lowest BCUT2D eigenvalue weighted by Gasteiger charge is -2.40. The molecule has 0 spiro atoms. The van der Waals surface area contributed by atoms with Crippen LogP contribution < -0.4 is 5.32 Å². The van der Waals surface area contributed by atoms with E-state index in [1.807, 2.05) is 25.1 Å². The van der Waals surface area contributed by atoms with E-state index >= 15 is 0 Å². The number of hydrogen-bond donors (Lipinski definition) is 1. The Hall–Kier alpha value is -1.43. The van der Waals surface area contributed by atoms with Crippen LogP contribution >= 0.6 is 0 Å². The monoisotopic (exact) mass is 334 g/mol. The zero-order chi connectivity index (χ0) is 17.6. The minimum Gasteiger partial charge on any atom is -0.465 e. The average molecular weight is 334 g/mol. The summed E-state index contributed by atoms with van der Waals surface area (Å²) in [5.41, 5.74) is 0.967. The lowest BCUT2D eigenvalue weighted by atomic mass is 9.94. The van der Waals surface area contributed by atoms with Gasteiger partial charge in [0, 0.05) is 18.6 Å². The van der Waals surface area contributed by atoms with E-state index in [2.05, 4.69) is 43.1 Å². The molecule has 2 rings (SSSR count). The summed E-state index contributed by atoms with van der Waals surface area (Å²) < 4.78 is 10.9. The molecule has 0 aliphatic carbocycles. The zero-order valence-electron chi connectivity index (χ0n) is 15.2. The van der Waals surface area contributed by atoms with Crippen molar-refractivity contribution in [3.05, 3.63) is 35.9 Å². The highest BCUT2D eigenvalue weighted by Gasteiger charge is 2.38. The lowest BCUT2D eigenvalue weighted by Crippen LogP contribution is -2.56. The van der Waals surface area contributed by atoms with Crippen LogP contribution in [0.4, 0.5) is 0 Å². The van der Waals surface area contributed by atoms with Gasteiger partial charge in [0.1, 0.15) is 6.04 Å². The molecule has 1 saturated heterocycles. The third-order valence-electron chi connectivity index (χ3n) is 4.03. The van der Waals surface area contributed by atoms with Crippen molar-refractivity contribution in [3.63, 3.8) is 0 Å². The molecule has 0 unspecified atom stereocenters. The smallest absolute Gasteiger partial charge is 0.325 e. The second-order valence-electron chi connectivity index (χ2n) is 7.13. The first kappa shape index (κ1) is 18.9. The topological polar surface area (TPSA) is 50.8 Å². The molecule has 2 atom stereocenters. The number of hydrogen-bond acceptors (Lipinski definition) is 5. The zero-order valence-corrected chi connectivity index (χ0v) is 15.2. The molecule has 0 amide bonds. The van der Waals surface area contributed by atoms with E-state index < -0.39 is 0 Å². The van der Waals surface area contributed by atoms with Gasteiger partial charge in [-0.05, 0) is 33.3 Å². The number of nitrogens with one attached hydrogen (secondary N) is 1. The van der Waals surface area contributed by atoms with Crippen LogP contribution in [0.5, 0.6) is 0 Å². The molecule has 1 aliphatic heterocycles. The van der Waals surface area contributed by atoms with Crippen molar-refractivity contribution in [1.82, 2.24) is 10.2 Å². The number of nitrogens with zero attached hydrogens (tertiary/aromatic N) is 1. The highest BCUT2D eigenvalue weighted by atomic mass is 16.5. The maximum atomic E-state index is 12.8. The van der Waals surface area contributed by atoms with Crippen LogP contribution in [-0.2, 0) is 14.3 Å². The van der Waals surface area contributed by atoms with Gasteiger partial charge >= 0.3 is 5.97 Å². The number of carbonyl (C=O) groups excluding carboxylic acids is 1. The van der Waals surface area contributed by atoms with Crippen molar-refractivity contribution in [2.24, 2.45) is 0 Å². The SMILES string of the molecule is CCOC(=O)[C@@H]([C@@H](NC(C)(C)C)c1ccccc1)N1CCOCC1. The molecule has 1 aromatic carbocycles. The largest absolute Gasteiger partial charge is 0.465 e. The van der Waals surface area contributed by atoms with Crippen LogP contribution in [-0.4, -0.2) is 55.4 Å². The summed E-state index contributed by atoms with van der Waals surface area (Å²) in [6, 6.07) is 9.64. The minimum absolute atomic E-state index is 0.127. The predicted molar refractivity (Wildman–Crippen MR) is 94.9 cm³/mol. The fourth-order valence-corrected chi connectivity index (χ4v) is 3.05. The van der Waals surface area contributed by atoms with Crippen molar-refractivity contribution in [3.8, 4) is 0 Å². The molecular formula is C19H30N2O3. The summed E-state index contributed by atoms with van der Waals surface area (Å²) in [5, 5.41) is 3.63. The van der Waals surface area contributed by atoms with E-state index in [1.165, 1.54) is 0 Å². The van der Waals surface area contributed by atoms with E-state index in [0.717, 1.165) is 18.7 Å². The molecule has 1 aliphatic rings. The second-order valence-corrected chi connectivity index (χ2v) is 7.13. The average Bonchev–Trinajstić information content (AvgIpc) is 2.55. The third-order valence-corrected chi connectivity index (χ3v) is 4.03. The van der Waals surface area contributed by atoms with Crippen LogP contribution in [0.2, 0.25) is 0 Å². The Bertz CT molecular complexity index is 507. The molecular weight excluding hydrogens is 304 g/mol. The highest BCUT2D eigenvalue weighted by molar-refractivity contribution is 5.77. The fraction of sp³-hybridized carbons (Fsp3) is 0.632. The second kappa shape index (κ2) is 8.60. The first-order chi connectivity index (χ1) is 11.4. The van der Waals surface area contributed by atoms with Gasteiger partial charge < -0.3 is 14.8 Å². The number of esters is 1. The fourth-order valence-electron chi connectivity index (χ4n) is 3.05. The van der Waals surface area contributed by atoms with Crippen LogP contribution in [0, 0.1) is 0 Å². The molecule has 5 nitrogen and oxygen atoms in total. The van der Waals surface area contributed by atoms with Gasteiger partial charge in [0.25, 0.3) is 0 Å². The van der Waals surface area contributed by atoms with Crippen molar-refractivity contribution >= 4 is 5.97 Å². The number of benzene rings is 1. The Balaban J connectivity index is 2.36. The van der Waals surface area contributed by atoms with Crippen molar-refractivity contribution < 1.29 is 14.3 Å². The summed E-state index contributed by atoms with van der Waals surface area (Å²) >= 11 is 0. The van der Waals surface area contributed by atoms with Gasteiger partial charge in [0.05, 0.1) is 25.9 Å². The first-order valence-electron chi connectivity index (χ1n) is 8.73. The van der Waals surface area contributed by atoms with Gasteiger partial charge in [-0.25, -0.2) is 0 Å². The minimum atomic E-state index is -0.365. The Kier molecular flexibility index (Phi) is 6.78. The first-order valence-corrected chi connectivity index (χ1v) is 8.73.